The second-order valence-corrected chi connectivity index (χ2v) is 9.42. The Balaban J connectivity index is 1.27. The van der Waals surface area contributed by atoms with Crippen LogP contribution < -0.4 is 4.74 Å². The fourth-order valence-electron chi connectivity index (χ4n) is 4.58. The molecule has 0 saturated carbocycles. The van der Waals surface area contributed by atoms with Gasteiger partial charge in [0.15, 0.2) is 11.8 Å². The van der Waals surface area contributed by atoms with E-state index in [4.69, 9.17) is 19.2 Å². The zero-order valence-corrected chi connectivity index (χ0v) is 21.4. The summed E-state index contributed by atoms with van der Waals surface area (Å²) in [7, 11) is 0. The van der Waals surface area contributed by atoms with Crippen molar-refractivity contribution in [2.24, 2.45) is 0 Å². The number of carboxylic acid groups (broad SMARTS) is 1. The molecule has 1 N–H and O–H groups in total. The molecule has 206 valence electrons. The summed E-state index contributed by atoms with van der Waals surface area (Å²) in [4.78, 5) is 24.2. The number of carbonyl (C=O) groups is 1. The molecule has 0 amide bonds. The van der Waals surface area contributed by atoms with Gasteiger partial charge in [0, 0.05) is 24.7 Å². The van der Waals surface area contributed by atoms with E-state index in [9.17, 15) is 9.90 Å². The molecule has 1 aliphatic heterocycles. The predicted molar refractivity (Wildman–Crippen MR) is 139 cm³/mol. The van der Waals surface area contributed by atoms with Crippen molar-refractivity contribution in [3.8, 4) is 23.2 Å². The second kappa shape index (κ2) is 10.8. The maximum absolute atomic E-state index is 15.4. The van der Waals surface area contributed by atoms with Gasteiger partial charge in [0.25, 0.3) is 0 Å². The minimum Gasteiger partial charge on any atom is -0.478 e. The Bertz CT molecular complexity index is 1820. The van der Waals surface area contributed by atoms with E-state index in [0.29, 0.717) is 35.8 Å². The van der Waals surface area contributed by atoms with Crippen molar-refractivity contribution >= 4 is 17.0 Å². The number of aromatic carboxylic acids is 1. The monoisotopic (exact) mass is 557 g/mol. The summed E-state index contributed by atoms with van der Waals surface area (Å²) < 4.78 is 48.9. The number of aromatic nitrogens is 4. The van der Waals surface area contributed by atoms with Crippen LogP contribution in [0.2, 0.25) is 0 Å². The Morgan fingerprint density at radius 2 is 2.02 bits per heavy atom. The van der Waals surface area contributed by atoms with Gasteiger partial charge in [-0.25, -0.2) is 28.5 Å². The van der Waals surface area contributed by atoms with Crippen molar-refractivity contribution in [1.29, 1.82) is 5.26 Å². The molecule has 5 aromatic rings. The predicted octanol–water partition coefficient (Wildman–Crippen LogP) is 4.89. The first-order valence-corrected chi connectivity index (χ1v) is 12.6. The summed E-state index contributed by atoms with van der Waals surface area (Å²) in [6.07, 6.45) is 2.10. The Hall–Kier alpha value is -5.15. The smallest absolute Gasteiger partial charge is 0.335 e. The Morgan fingerprint density at radius 3 is 2.76 bits per heavy atom. The minimum atomic E-state index is -1.07. The lowest BCUT2D eigenvalue weighted by Crippen LogP contribution is -2.31. The number of rotatable bonds is 9. The number of pyridine rings is 1. The molecule has 0 unspecified atom stereocenters. The van der Waals surface area contributed by atoms with E-state index in [1.165, 1.54) is 24.4 Å². The summed E-state index contributed by atoms with van der Waals surface area (Å²) in [5.41, 5.74) is 1.44. The topological polar surface area (TPSA) is 136 Å². The molecule has 1 atom stereocenters. The zero-order chi connectivity index (χ0) is 28.5. The van der Waals surface area contributed by atoms with Crippen molar-refractivity contribution in [3.05, 3.63) is 95.0 Å². The first-order chi connectivity index (χ1) is 19.9. The number of carboxylic acids is 1. The van der Waals surface area contributed by atoms with Crippen molar-refractivity contribution in [2.45, 2.75) is 32.1 Å². The van der Waals surface area contributed by atoms with Crippen LogP contribution in [0.3, 0.4) is 0 Å². The van der Waals surface area contributed by atoms with Crippen LogP contribution in [-0.4, -0.2) is 43.3 Å². The van der Waals surface area contributed by atoms with Crippen molar-refractivity contribution in [2.75, 3.05) is 6.61 Å². The van der Waals surface area contributed by atoms with Crippen molar-refractivity contribution in [3.63, 3.8) is 0 Å². The number of hydrogen-bond donors (Lipinski definition) is 1. The lowest BCUT2D eigenvalue weighted by atomic mass is 10.0. The molecule has 6 rings (SSSR count). The van der Waals surface area contributed by atoms with Gasteiger partial charge >= 0.3 is 11.9 Å². The average Bonchev–Trinajstić information content (AvgIpc) is 3.55. The van der Waals surface area contributed by atoms with Gasteiger partial charge in [-0.1, -0.05) is 6.07 Å². The van der Waals surface area contributed by atoms with E-state index < -0.39 is 17.6 Å². The average molecular weight is 558 g/mol. The lowest BCUT2D eigenvalue weighted by molar-refractivity contribution is -0.0589. The molecule has 12 heteroatoms. The van der Waals surface area contributed by atoms with Gasteiger partial charge in [-0.05, 0) is 48.4 Å². The fourth-order valence-corrected chi connectivity index (χ4v) is 4.58. The number of fused-ring (bicyclic) bond motifs is 1. The third-order valence-electron chi connectivity index (χ3n) is 6.75. The molecule has 4 heterocycles. The Labute approximate surface area is 231 Å². The standard InChI is InChI=1S/C29H21F2N5O5/c30-21-11-20(23-2-1-3-27(35-23)40-15-19-13-33-28(12-32)41-19)22(31)8-17(21)10-26-34-24-5-4-16(29(37)38)9-25(24)36(26)14-18-6-7-39-18/h1-5,8-9,11,13,18H,6-7,10,14-15H2,(H,37,38)/t18-/m0/s1. The second-order valence-electron chi connectivity index (χ2n) is 9.42. The highest BCUT2D eigenvalue weighted by Gasteiger charge is 2.23. The van der Waals surface area contributed by atoms with E-state index in [1.807, 2.05) is 4.57 Å². The molecule has 0 aliphatic carbocycles. The molecule has 1 fully saturated rings. The number of oxazole rings is 1. The van der Waals surface area contributed by atoms with Crippen LogP contribution in [0.4, 0.5) is 8.78 Å². The van der Waals surface area contributed by atoms with Crippen molar-refractivity contribution < 1.29 is 32.6 Å². The number of nitriles is 1. The van der Waals surface area contributed by atoms with Gasteiger partial charge in [-0.2, -0.15) is 5.26 Å². The molecule has 2 aromatic carbocycles. The Morgan fingerprint density at radius 1 is 1.17 bits per heavy atom. The summed E-state index contributed by atoms with van der Waals surface area (Å²) in [5.74, 6) is -1.58. The lowest BCUT2D eigenvalue weighted by Gasteiger charge is -2.27. The largest absolute Gasteiger partial charge is 0.478 e. The van der Waals surface area contributed by atoms with Gasteiger partial charge in [-0.3, -0.25) is 0 Å². The van der Waals surface area contributed by atoms with Gasteiger partial charge in [0.2, 0.25) is 5.88 Å². The van der Waals surface area contributed by atoms with E-state index in [2.05, 4.69) is 15.0 Å². The van der Waals surface area contributed by atoms with Gasteiger partial charge in [-0.15, -0.1) is 0 Å². The van der Waals surface area contributed by atoms with Gasteiger partial charge in [0.05, 0.1) is 41.1 Å². The molecule has 1 saturated heterocycles. The van der Waals surface area contributed by atoms with Crippen LogP contribution in [-0.2, 0) is 24.3 Å². The third-order valence-corrected chi connectivity index (χ3v) is 6.75. The molecule has 3 aromatic heterocycles. The first-order valence-electron chi connectivity index (χ1n) is 12.6. The number of benzene rings is 2. The number of halogens is 2. The highest BCUT2D eigenvalue weighted by atomic mass is 19.1. The SMILES string of the molecule is N#Cc1ncc(COc2cccc(-c3cc(F)c(Cc4nc5ccc(C(=O)O)cc5n4C[C@@H]4CCO4)cc3F)n2)o1. The van der Waals surface area contributed by atoms with Crippen LogP contribution in [0, 0.1) is 23.0 Å². The first kappa shape index (κ1) is 26.1. The third kappa shape index (κ3) is 5.35. The highest BCUT2D eigenvalue weighted by molar-refractivity contribution is 5.92. The van der Waals surface area contributed by atoms with E-state index in [1.54, 1.807) is 24.3 Å². The maximum Gasteiger partial charge on any atom is 0.335 e. The molecule has 10 nitrogen and oxygen atoms in total. The fraction of sp³-hybridized carbons (Fsp3) is 0.207. The Kier molecular flexibility index (Phi) is 6.86. The number of imidazole rings is 1. The quantitative estimate of drug-likeness (QED) is 0.268. The number of hydrogen-bond acceptors (Lipinski definition) is 8. The normalized spacial score (nSPS) is 14.5. The van der Waals surface area contributed by atoms with Crippen LogP contribution in [0.5, 0.6) is 5.88 Å². The van der Waals surface area contributed by atoms with Crippen LogP contribution >= 0.6 is 0 Å². The summed E-state index contributed by atoms with van der Waals surface area (Å²) in [6.45, 7) is 0.998. The molecular formula is C29H21F2N5O5. The van der Waals surface area contributed by atoms with Crippen LogP contribution in [0.25, 0.3) is 22.3 Å². The van der Waals surface area contributed by atoms with Crippen LogP contribution in [0.1, 0.15) is 39.8 Å². The van der Waals surface area contributed by atoms with E-state index in [-0.39, 0.29) is 53.3 Å². The summed E-state index contributed by atoms with van der Waals surface area (Å²) in [6, 6.07) is 13.2. The molecule has 41 heavy (non-hydrogen) atoms. The zero-order valence-electron chi connectivity index (χ0n) is 21.4. The van der Waals surface area contributed by atoms with Gasteiger partial charge < -0.3 is 23.6 Å². The highest BCUT2D eigenvalue weighted by Crippen LogP contribution is 2.29. The van der Waals surface area contributed by atoms with Crippen LogP contribution in [0.15, 0.2) is 59.1 Å². The van der Waals surface area contributed by atoms with Gasteiger partial charge in [0.1, 0.15) is 24.1 Å². The number of nitrogens with zero attached hydrogens (tertiary/aromatic N) is 5. The van der Waals surface area contributed by atoms with Crippen molar-refractivity contribution in [1.82, 2.24) is 19.5 Å². The van der Waals surface area contributed by atoms with E-state index >= 15 is 8.78 Å². The molecule has 0 bridgehead atoms. The maximum atomic E-state index is 15.4. The molecule has 0 spiro atoms. The molecule has 0 radical (unpaired) electrons. The summed E-state index contributed by atoms with van der Waals surface area (Å²) in [5, 5.41) is 18.3. The molecule has 1 aliphatic rings. The summed E-state index contributed by atoms with van der Waals surface area (Å²) >= 11 is 0. The minimum absolute atomic E-state index is 0.0225. The van der Waals surface area contributed by atoms with E-state index in [0.717, 1.165) is 18.6 Å². The molecular weight excluding hydrogens is 536 g/mol. The number of ether oxygens (including phenoxy) is 2.